The number of hydrogen-bond donors (Lipinski definition) is 2. The molecular formula is C25H23FN4O6. The number of amides is 1. The predicted octanol–water partition coefficient (Wildman–Crippen LogP) is 4.56. The molecule has 1 aromatic carbocycles. The molecule has 11 heteroatoms. The molecule has 0 aliphatic carbocycles. The molecule has 0 atom stereocenters. The molecule has 3 aromatic heterocycles. The molecule has 186 valence electrons. The van der Waals surface area contributed by atoms with Gasteiger partial charge in [-0.15, -0.1) is 0 Å². The van der Waals surface area contributed by atoms with Gasteiger partial charge in [0.05, 0.1) is 38.2 Å². The van der Waals surface area contributed by atoms with Gasteiger partial charge in [0.2, 0.25) is 0 Å². The van der Waals surface area contributed by atoms with Gasteiger partial charge in [0.1, 0.15) is 11.1 Å². The molecule has 10 nitrogen and oxygen atoms in total. The van der Waals surface area contributed by atoms with Crippen LogP contribution >= 0.6 is 0 Å². The lowest BCUT2D eigenvalue weighted by Gasteiger charge is -2.14. The lowest BCUT2D eigenvalue weighted by atomic mass is 10.1. The Morgan fingerprint density at radius 3 is 2.39 bits per heavy atom. The first kappa shape index (κ1) is 24.5. The zero-order valence-corrected chi connectivity index (χ0v) is 20.2. The number of aromatic nitrogens is 3. The standard InChI is InChI=1S/C25H23FN4O6/c1-12-20(22(31)23(34-4)13(2)28-12)24(32)29-14-6-7-17(15(26)10-14)36-18-8-9-27-16-11-19(33-3)25(35-5)30-21(16)18/h6-11H,1-5H3,(H,28,31)(H,29,32). The Balaban J connectivity index is 1.61. The molecule has 3 heterocycles. The van der Waals surface area contributed by atoms with Crippen LogP contribution < -0.4 is 24.3 Å². The monoisotopic (exact) mass is 494 g/mol. The van der Waals surface area contributed by atoms with Crippen LogP contribution in [-0.2, 0) is 0 Å². The molecule has 0 aliphatic rings. The highest BCUT2D eigenvalue weighted by molar-refractivity contribution is 6.07. The number of pyridine rings is 3. The maximum atomic E-state index is 14.9. The molecule has 0 aliphatic heterocycles. The Labute approximate surface area is 205 Å². The molecular weight excluding hydrogens is 471 g/mol. The summed E-state index contributed by atoms with van der Waals surface area (Å²) in [7, 11) is 4.29. The summed E-state index contributed by atoms with van der Waals surface area (Å²) in [5, 5.41) is 13.0. The van der Waals surface area contributed by atoms with E-state index in [4.69, 9.17) is 18.9 Å². The van der Waals surface area contributed by atoms with Crippen molar-refractivity contribution in [2.45, 2.75) is 13.8 Å². The molecule has 0 saturated carbocycles. The minimum Gasteiger partial charge on any atom is -0.504 e. The first-order valence-corrected chi connectivity index (χ1v) is 10.7. The van der Waals surface area contributed by atoms with Gasteiger partial charge in [-0.3, -0.25) is 14.8 Å². The fourth-order valence-electron chi connectivity index (χ4n) is 3.69. The van der Waals surface area contributed by atoms with Crippen molar-refractivity contribution >= 4 is 22.6 Å². The van der Waals surface area contributed by atoms with Gasteiger partial charge in [-0.2, -0.15) is 0 Å². The fourth-order valence-corrected chi connectivity index (χ4v) is 3.69. The van der Waals surface area contributed by atoms with E-state index in [2.05, 4.69) is 20.3 Å². The summed E-state index contributed by atoms with van der Waals surface area (Å²) in [5.74, 6) is -0.902. The summed E-state index contributed by atoms with van der Waals surface area (Å²) in [6.45, 7) is 3.23. The highest BCUT2D eigenvalue weighted by Crippen LogP contribution is 2.36. The van der Waals surface area contributed by atoms with Crippen molar-refractivity contribution in [3.05, 3.63) is 59.3 Å². The van der Waals surface area contributed by atoms with Crippen molar-refractivity contribution in [2.24, 2.45) is 0 Å². The SMILES string of the molecule is COc1cc2nccc(Oc3ccc(NC(=O)c4c(C)nc(C)c(OC)c4O)cc3F)c2nc1OC. The molecule has 4 aromatic rings. The lowest BCUT2D eigenvalue weighted by molar-refractivity contribution is 0.102. The Hall–Kier alpha value is -4.67. The topological polar surface area (TPSA) is 125 Å². The van der Waals surface area contributed by atoms with Crippen LogP contribution in [0.2, 0.25) is 0 Å². The number of rotatable bonds is 7. The Kier molecular flexibility index (Phi) is 6.73. The number of aryl methyl sites for hydroxylation is 2. The number of aromatic hydroxyl groups is 1. The maximum Gasteiger partial charge on any atom is 0.261 e. The number of benzene rings is 1. The number of nitrogens with one attached hydrogen (secondary N) is 1. The van der Waals surface area contributed by atoms with Crippen LogP contribution in [-0.4, -0.2) is 47.3 Å². The van der Waals surface area contributed by atoms with Crippen LogP contribution in [0.3, 0.4) is 0 Å². The molecule has 0 spiro atoms. The first-order valence-electron chi connectivity index (χ1n) is 10.7. The van der Waals surface area contributed by atoms with Gasteiger partial charge in [0, 0.05) is 30.1 Å². The van der Waals surface area contributed by atoms with Crippen LogP contribution in [0, 0.1) is 19.7 Å². The van der Waals surface area contributed by atoms with Crippen molar-refractivity contribution in [1.82, 2.24) is 15.0 Å². The summed E-state index contributed by atoms with van der Waals surface area (Å²) >= 11 is 0. The highest BCUT2D eigenvalue weighted by atomic mass is 19.1. The lowest BCUT2D eigenvalue weighted by Crippen LogP contribution is -2.15. The molecule has 4 rings (SSSR count). The zero-order chi connectivity index (χ0) is 26.0. The second-order valence-electron chi connectivity index (χ2n) is 7.62. The number of carbonyl (C=O) groups is 1. The van der Waals surface area contributed by atoms with Crippen molar-refractivity contribution in [2.75, 3.05) is 26.6 Å². The minimum absolute atomic E-state index is 0.0723. The number of halogens is 1. The second-order valence-corrected chi connectivity index (χ2v) is 7.62. The van der Waals surface area contributed by atoms with Gasteiger partial charge in [-0.05, 0) is 26.0 Å². The number of nitrogens with zero attached hydrogens (tertiary/aromatic N) is 3. The molecule has 0 fully saturated rings. The van der Waals surface area contributed by atoms with Gasteiger partial charge in [0.15, 0.2) is 34.6 Å². The van der Waals surface area contributed by atoms with Crippen molar-refractivity contribution in [3.63, 3.8) is 0 Å². The van der Waals surface area contributed by atoms with E-state index in [-0.39, 0.29) is 40.1 Å². The van der Waals surface area contributed by atoms with E-state index in [1.54, 1.807) is 26.0 Å². The average molecular weight is 494 g/mol. The summed E-state index contributed by atoms with van der Waals surface area (Å²) in [4.78, 5) is 25.7. The van der Waals surface area contributed by atoms with Crippen molar-refractivity contribution in [3.8, 4) is 34.6 Å². The minimum atomic E-state index is -0.737. The van der Waals surface area contributed by atoms with Crippen molar-refractivity contribution < 1.29 is 33.2 Å². The van der Waals surface area contributed by atoms with E-state index in [1.165, 1.54) is 39.7 Å². The van der Waals surface area contributed by atoms with E-state index in [0.717, 1.165) is 6.07 Å². The van der Waals surface area contributed by atoms with Gasteiger partial charge >= 0.3 is 0 Å². The smallest absolute Gasteiger partial charge is 0.261 e. The predicted molar refractivity (Wildman–Crippen MR) is 129 cm³/mol. The Bertz CT molecular complexity index is 1480. The fraction of sp³-hybridized carbons (Fsp3) is 0.200. The van der Waals surface area contributed by atoms with Gasteiger partial charge in [-0.1, -0.05) is 0 Å². The van der Waals surface area contributed by atoms with Gasteiger partial charge < -0.3 is 29.4 Å². The zero-order valence-electron chi connectivity index (χ0n) is 20.2. The molecule has 0 radical (unpaired) electrons. The largest absolute Gasteiger partial charge is 0.504 e. The average Bonchev–Trinajstić information content (AvgIpc) is 2.84. The normalized spacial score (nSPS) is 10.7. The van der Waals surface area contributed by atoms with Crippen LogP contribution in [0.1, 0.15) is 21.7 Å². The third kappa shape index (κ3) is 4.50. The number of fused-ring (bicyclic) bond motifs is 1. The molecule has 36 heavy (non-hydrogen) atoms. The van der Waals surface area contributed by atoms with Crippen LogP contribution in [0.25, 0.3) is 11.0 Å². The quantitative estimate of drug-likeness (QED) is 0.380. The maximum absolute atomic E-state index is 14.9. The molecule has 1 amide bonds. The summed E-state index contributed by atoms with van der Waals surface area (Å²) in [6.07, 6.45) is 1.50. The van der Waals surface area contributed by atoms with Gasteiger partial charge in [0.25, 0.3) is 11.8 Å². The number of hydrogen-bond acceptors (Lipinski definition) is 9. The van der Waals surface area contributed by atoms with E-state index >= 15 is 0 Å². The van der Waals surface area contributed by atoms with Crippen LogP contribution in [0.5, 0.6) is 34.6 Å². The Morgan fingerprint density at radius 1 is 0.944 bits per heavy atom. The third-order valence-corrected chi connectivity index (χ3v) is 5.34. The van der Waals surface area contributed by atoms with E-state index in [0.29, 0.717) is 28.2 Å². The van der Waals surface area contributed by atoms with E-state index in [9.17, 15) is 14.3 Å². The number of methoxy groups -OCH3 is 3. The molecule has 2 N–H and O–H groups in total. The Morgan fingerprint density at radius 2 is 1.72 bits per heavy atom. The third-order valence-electron chi connectivity index (χ3n) is 5.34. The number of carbonyl (C=O) groups excluding carboxylic acids is 1. The van der Waals surface area contributed by atoms with Crippen LogP contribution in [0.15, 0.2) is 36.5 Å². The molecule has 0 unspecified atom stereocenters. The second kappa shape index (κ2) is 9.90. The number of anilines is 1. The van der Waals surface area contributed by atoms with E-state index in [1.807, 2.05) is 0 Å². The number of ether oxygens (including phenoxy) is 4. The van der Waals surface area contributed by atoms with Crippen LogP contribution in [0.4, 0.5) is 10.1 Å². The van der Waals surface area contributed by atoms with E-state index < -0.39 is 11.7 Å². The summed E-state index contributed by atoms with van der Waals surface area (Å²) in [5.41, 5.74) is 1.62. The highest BCUT2D eigenvalue weighted by Gasteiger charge is 2.22. The molecule has 0 bridgehead atoms. The molecule has 0 saturated heterocycles. The van der Waals surface area contributed by atoms with Crippen molar-refractivity contribution in [1.29, 1.82) is 0 Å². The summed E-state index contributed by atoms with van der Waals surface area (Å²) < 4.78 is 36.3. The first-order chi connectivity index (χ1) is 17.3. The summed E-state index contributed by atoms with van der Waals surface area (Å²) in [6, 6.07) is 7.09. The van der Waals surface area contributed by atoms with Gasteiger partial charge in [-0.25, -0.2) is 9.37 Å².